The highest BCUT2D eigenvalue weighted by Gasteiger charge is 2.41. The lowest BCUT2D eigenvalue weighted by molar-refractivity contribution is -0.153. The van der Waals surface area contributed by atoms with E-state index in [1.165, 1.54) is 24.0 Å². The van der Waals surface area contributed by atoms with E-state index in [1.807, 2.05) is 0 Å². The van der Waals surface area contributed by atoms with Crippen LogP contribution < -0.4 is 21.0 Å². The minimum Gasteiger partial charge on any atom is -0.534 e. The molecule has 16 heteroatoms. The molecule has 1 aromatic carbocycles. The van der Waals surface area contributed by atoms with Crippen LogP contribution in [0.1, 0.15) is 29.8 Å². The Balaban J connectivity index is 1.77. The van der Waals surface area contributed by atoms with Gasteiger partial charge in [-0.15, -0.1) is 0 Å². The first-order chi connectivity index (χ1) is 17.9. The van der Waals surface area contributed by atoms with Crippen LogP contribution in [0.3, 0.4) is 0 Å². The summed E-state index contributed by atoms with van der Waals surface area (Å²) in [4.78, 5) is 75.3. The Morgan fingerprint density at radius 1 is 1.24 bits per heavy atom. The Labute approximate surface area is 217 Å². The number of fused-ring (bicyclic) bond motifs is 1. The van der Waals surface area contributed by atoms with Crippen LogP contribution in [0, 0.1) is 0 Å². The quantitative estimate of drug-likeness (QED) is 0.166. The number of hydrogen-bond donors (Lipinski definition) is 5. The van der Waals surface area contributed by atoms with Crippen molar-refractivity contribution in [2.75, 3.05) is 26.2 Å². The van der Waals surface area contributed by atoms with Gasteiger partial charge in [0.05, 0.1) is 17.6 Å². The van der Waals surface area contributed by atoms with Crippen molar-refractivity contribution in [1.82, 2.24) is 20.4 Å². The smallest absolute Gasteiger partial charge is 0.534 e. The topological polar surface area (TPSA) is 218 Å². The van der Waals surface area contributed by atoms with Crippen LogP contribution in [0.15, 0.2) is 18.2 Å². The summed E-state index contributed by atoms with van der Waals surface area (Å²) in [7, 11) is -1.63. The third-order valence-corrected chi connectivity index (χ3v) is 6.13. The summed E-state index contributed by atoms with van der Waals surface area (Å²) in [5.74, 6) is -5.98. The Kier molecular flexibility index (Phi) is 8.90. The number of likely N-dealkylation sites (N-methyl/N-ethyl adjacent to an activating group) is 1. The number of imide groups is 1. The van der Waals surface area contributed by atoms with Crippen molar-refractivity contribution in [3.8, 4) is 5.75 Å². The fraction of sp³-hybridized carbons (Fsp3) is 0.455. The summed E-state index contributed by atoms with van der Waals surface area (Å²) < 4.78 is 10.6. The maximum Gasteiger partial charge on any atom is 0.547 e. The number of para-hydroxylation sites is 1. The zero-order valence-electron chi connectivity index (χ0n) is 20.7. The molecule has 3 atom stereocenters. The number of nitrogens with two attached hydrogens (primary N) is 1. The van der Waals surface area contributed by atoms with Crippen LogP contribution in [-0.2, 0) is 30.3 Å². The molecule has 0 bridgehead atoms. The number of hydrogen-bond acceptors (Lipinski definition) is 9. The lowest BCUT2D eigenvalue weighted by Gasteiger charge is -2.34. The lowest BCUT2D eigenvalue weighted by Crippen LogP contribution is -2.64. The monoisotopic (exact) mass is 533 g/mol. The predicted molar refractivity (Wildman–Crippen MR) is 129 cm³/mol. The van der Waals surface area contributed by atoms with Gasteiger partial charge in [-0.25, -0.2) is 9.59 Å². The molecule has 0 aliphatic carbocycles. The van der Waals surface area contributed by atoms with Gasteiger partial charge in [-0.05, 0) is 31.9 Å². The number of urea groups is 1. The zero-order chi connectivity index (χ0) is 28.1. The Morgan fingerprint density at radius 2 is 1.95 bits per heavy atom. The van der Waals surface area contributed by atoms with Crippen LogP contribution in [0.2, 0.25) is 0 Å². The third kappa shape index (κ3) is 6.20. The number of benzene rings is 1. The van der Waals surface area contributed by atoms with Gasteiger partial charge < -0.3 is 40.8 Å². The molecule has 0 saturated carbocycles. The molecular formula is C22H28BN5O10. The van der Waals surface area contributed by atoms with Crippen molar-refractivity contribution in [1.29, 1.82) is 0 Å². The average molecular weight is 533 g/mol. The van der Waals surface area contributed by atoms with Crippen LogP contribution >= 0.6 is 0 Å². The van der Waals surface area contributed by atoms with Crippen LogP contribution in [-0.4, -0.2) is 107 Å². The summed E-state index contributed by atoms with van der Waals surface area (Å²) in [5.41, 5.74) is 5.36. The highest BCUT2D eigenvalue weighted by Crippen LogP contribution is 2.30. The first kappa shape index (κ1) is 28.4. The normalized spacial score (nSPS) is 18.7. The largest absolute Gasteiger partial charge is 0.547 e. The molecule has 2 heterocycles. The van der Waals surface area contributed by atoms with E-state index in [9.17, 15) is 38.9 Å². The number of carboxylic acids is 1. The number of nitrogens with zero attached hydrogens (tertiary/aromatic N) is 2. The third-order valence-electron chi connectivity index (χ3n) is 6.13. The number of aromatic carboxylic acids is 1. The van der Waals surface area contributed by atoms with E-state index < -0.39 is 67.4 Å². The molecule has 0 spiro atoms. The molecule has 38 heavy (non-hydrogen) atoms. The highest BCUT2D eigenvalue weighted by atomic mass is 16.5. The van der Waals surface area contributed by atoms with Gasteiger partial charge in [0.25, 0.3) is 0 Å². The van der Waals surface area contributed by atoms with Gasteiger partial charge in [-0.2, -0.15) is 0 Å². The molecule has 2 aliphatic heterocycles. The first-order valence-electron chi connectivity index (χ1n) is 11.8. The minimum absolute atomic E-state index is 0.00742. The molecule has 0 aromatic heterocycles. The lowest BCUT2D eigenvalue weighted by atomic mass is 9.72. The summed E-state index contributed by atoms with van der Waals surface area (Å²) in [6.07, 6.45) is -1.14. The average Bonchev–Trinajstić information content (AvgIpc) is 2.87. The van der Waals surface area contributed by atoms with Gasteiger partial charge >= 0.3 is 30.9 Å². The van der Waals surface area contributed by atoms with Crippen LogP contribution in [0.4, 0.5) is 4.79 Å². The van der Waals surface area contributed by atoms with Gasteiger partial charge in [-0.1, -0.05) is 12.1 Å². The molecule has 1 fully saturated rings. The molecule has 0 radical (unpaired) electrons. The minimum atomic E-state index is -1.63. The first-order valence-corrected chi connectivity index (χ1v) is 11.8. The van der Waals surface area contributed by atoms with Crippen molar-refractivity contribution in [2.45, 2.75) is 38.4 Å². The Bertz CT molecular complexity index is 1150. The molecule has 2 aliphatic rings. The van der Waals surface area contributed by atoms with Crippen molar-refractivity contribution in [3.63, 3.8) is 0 Å². The van der Waals surface area contributed by atoms with Crippen molar-refractivity contribution in [3.05, 3.63) is 29.3 Å². The predicted octanol–water partition coefficient (Wildman–Crippen LogP) is -2.52. The maximum absolute atomic E-state index is 13.2. The van der Waals surface area contributed by atoms with Gasteiger partial charge in [0, 0.05) is 19.6 Å². The number of piperazine rings is 1. The molecular weight excluding hydrogens is 505 g/mol. The molecule has 1 saturated heterocycles. The van der Waals surface area contributed by atoms with Gasteiger partial charge in [-0.3, -0.25) is 24.1 Å². The van der Waals surface area contributed by atoms with E-state index in [0.717, 1.165) is 0 Å². The summed E-state index contributed by atoms with van der Waals surface area (Å²) in [5, 5.41) is 24.7. The molecule has 6 amide bonds. The number of carbonyl (C=O) groups is 6. The van der Waals surface area contributed by atoms with E-state index in [1.54, 1.807) is 13.0 Å². The van der Waals surface area contributed by atoms with Crippen molar-refractivity contribution < 1.29 is 48.3 Å². The number of nitrogens with one attached hydrogen (secondary N) is 2. The van der Waals surface area contributed by atoms with E-state index in [4.69, 9.17) is 15.1 Å². The summed E-state index contributed by atoms with van der Waals surface area (Å²) >= 11 is 0. The van der Waals surface area contributed by atoms with Gasteiger partial charge in [0.1, 0.15) is 18.4 Å². The zero-order valence-corrected chi connectivity index (χ0v) is 20.7. The van der Waals surface area contributed by atoms with E-state index in [0.29, 0.717) is 10.5 Å². The number of carboxylic acid groups (broad SMARTS) is 1. The highest BCUT2D eigenvalue weighted by molar-refractivity contribution is 6.47. The molecule has 1 aromatic rings. The molecule has 6 N–H and O–H groups in total. The number of rotatable bonds is 9. The Morgan fingerprint density at radius 3 is 2.58 bits per heavy atom. The molecule has 2 unspecified atom stereocenters. The molecule has 3 rings (SSSR count). The van der Waals surface area contributed by atoms with Gasteiger partial charge in [0.15, 0.2) is 0 Å². The summed E-state index contributed by atoms with van der Waals surface area (Å²) in [6, 6.07) is 1.84. The second-order valence-electron chi connectivity index (χ2n) is 8.68. The molecule has 15 nitrogen and oxygen atoms in total. The number of primary amides is 1. The van der Waals surface area contributed by atoms with E-state index in [-0.39, 0.29) is 37.4 Å². The van der Waals surface area contributed by atoms with E-state index in [2.05, 4.69) is 10.6 Å². The van der Waals surface area contributed by atoms with Crippen molar-refractivity contribution in [2.24, 2.45) is 5.73 Å². The SMILES string of the molecule is CCN1CCN(C(=O)NC(C(=O)N[C@H]2Cc3cccc(C(=O)O)c3OB2O)C(C)OCC(N)=O)C(=O)C1=O. The maximum atomic E-state index is 13.2. The van der Waals surface area contributed by atoms with E-state index >= 15 is 0 Å². The fourth-order valence-corrected chi connectivity index (χ4v) is 4.08. The molecule has 204 valence electrons. The number of ether oxygens (including phenoxy) is 1. The van der Waals surface area contributed by atoms with Crippen LogP contribution in [0.5, 0.6) is 5.75 Å². The fourth-order valence-electron chi connectivity index (χ4n) is 4.08. The second kappa shape index (κ2) is 11.9. The summed E-state index contributed by atoms with van der Waals surface area (Å²) in [6.45, 7) is 2.77. The number of carbonyl (C=O) groups excluding carboxylic acids is 5. The standard InChI is InChI=1S/C22H28BN5O10/c1-3-27-7-8-28(20(32)19(27)31)22(35)26-16(11(2)37-10-15(24)29)18(30)25-14-9-12-5-4-6-13(21(33)34)17(12)38-23(14)36/h4-6,11,14,16,36H,3,7-10H2,1-2H3,(H2,24,29)(H,25,30)(H,26,35)(H,33,34)/t11?,14-,16?/m0/s1. The van der Waals surface area contributed by atoms with Gasteiger partial charge in [0.2, 0.25) is 11.8 Å². The number of amides is 6. The second-order valence-corrected chi connectivity index (χ2v) is 8.68. The Hall–Kier alpha value is -4.18. The van der Waals surface area contributed by atoms with Crippen LogP contribution in [0.25, 0.3) is 0 Å². The van der Waals surface area contributed by atoms with Crippen molar-refractivity contribution >= 4 is 42.7 Å².